The Kier molecular flexibility index (Phi) is 4.01. The molecule has 0 unspecified atom stereocenters. The van der Waals surface area contributed by atoms with Crippen molar-refractivity contribution in [3.63, 3.8) is 0 Å². The first-order chi connectivity index (χ1) is 9.70. The van der Waals surface area contributed by atoms with Gasteiger partial charge in [-0.2, -0.15) is 0 Å². The Balaban J connectivity index is 1.69. The molecule has 0 radical (unpaired) electrons. The van der Waals surface area contributed by atoms with Crippen LogP contribution >= 0.6 is 22.9 Å². The molecule has 0 fully saturated rings. The molecule has 2 nitrogen and oxygen atoms in total. The number of fused-ring (bicyclic) bond motifs is 1. The number of nitrogens with zero attached hydrogens (tertiary/aromatic N) is 2. The van der Waals surface area contributed by atoms with Crippen molar-refractivity contribution in [1.82, 2.24) is 9.88 Å². The van der Waals surface area contributed by atoms with Crippen LogP contribution in [0.15, 0.2) is 48.5 Å². The summed E-state index contributed by atoms with van der Waals surface area (Å²) < 4.78 is 1.25. The summed E-state index contributed by atoms with van der Waals surface area (Å²) in [5.41, 5.74) is 2.35. The molecule has 3 aromatic rings. The van der Waals surface area contributed by atoms with Gasteiger partial charge in [-0.1, -0.05) is 35.9 Å². The smallest absolute Gasteiger partial charge is 0.108 e. The number of rotatable bonds is 4. The molecule has 0 atom stereocenters. The standard InChI is InChI=1S/C16H15ClN2S/c1-19(10-12-6-8-13(17)9-7-12)11-16-18-14-4-2-3-5-15(14)20-16/h2-9H,10-11H2,1H3. The Bertz CT molecular complexity index is 673. The second-order valence-corrected chi connectivity index (χ2v) is 6.43. The van der Waals surface area contributed by atoms with Crippen LogP contribution in [0.4, 0.5) is 0 Å². The maximum atomic E-state index is 5.90. The van der Waals surface area contributed by atoms with Crippen LogP contribution in [0.1, 0.15) is 10.6 Å². The molecule has 20 heavy (non-hydrogen) atoms. The lowest BCUT2D eigenvalue weighted by atomic mass is 10.2. The summed E-state index contributed by atoms with van der Waals surface area (Å²) in [6.45, 7) is 1.76. The molecule has 0 spiro atoms. The fourth-order valence-corrected chi connectivity index (χ4v) is 3.35. The Labute approximate surface area is 127 Å². The number of para-hydroxylation sites is 1. The normalized spacial score (nSPS) is 11.3. The first kappa shape index (κ1) is 13.6. The number of aromatic nitrogens is 1. The largest absolute Gasteiger partial charge is 0.295 e. The molecule has 102 valence electrons. The van der Waals surface area contributed by atoms with Crippen molar-refractivity contribution in [1.29, 1.82) is 0 Å². The van der Waals surface area contributed by atoms with Gasteiger partial charge in [-0.15, -0.1) is 11.3 Å². The molecule has 0 saturated heterocycles. The van der Waals surface area contributed by atoms with Crippen molar-refractivity contribution in [2.75, 3.05) is 7.05 Å². The van der Waals surface area contributed by atoms with Gasteiger partial charge in [0.05, 0.1) is 16.8 Å². The fourth-order valence-electron chi connectivity index (χ4n) is 2.18. The van der Waals surface area contributed by atoms with Crippen LogP contribution in [0.3, 0.4) is 0 Å². The van der Waals surface area contributed by atoms with Crippen LogP contribution in [0.25, 0.3) is 10.2 Å². The van der Waals surface area contributed by atoms with Crippen LogP contribution in [-0.4, -0.2) is 16.9 Å². The van der Waals surface area contributed by atoms with E-state index >= 15 is 0 Å². The van der Waals surface area contributed by atoms with Gasteiger partial charge in [-0.05, 0) is 36.9 Å². The first-order valence-electron chi connectivity index (χ1n) is 6.48. The SMILES string of the molecule is CN(Cc1ccc(Cl)cc1)Cc1nc2ccccc2s1. The first-order valence-corrected chi connectivity index (χ1v) is 7.67. The molecule has 0 saturated carbocycles. The third kappa shape index (κ3) is 3.18. The molecule has 0 amide bonds. The van der Waals surface area contributed by atoms with Crippen molar-refractivity contribution >= 4 is 33.2 Å². The van der Waals surface area contributed by atoms with Crippen LogP contribution in [0.2, 0.25) is 5.02 Å². The summed E-state index contributed by atoms with van der Waals surface area (Å²) in [5, 5.41) is 1.94. The van der Waals surface area contributed by atoms with Gasteiger partial charge in [0, 0.05) is 11.6 Å². The van der Waals surface area contributed by atoms with Crippen LogP contribution in [0, 0.1) is 0 Å². The van der Waals surface area contributed by atoms with Crippen LogP contribution < -0.4 is 0 Å². The van der Waals surface area contributed by atoms with Crippen LogP contribution in [-0.2, 0) is 13.1 Å². The molecule has 2 aromatic carbocycles. The van der Waals surface area contributed by atoms with Crippen LogP contribution in [0.5, 0.6) is 0 Å². The lowest BCUT2D eigenvalue weighted by molar-refractivity contribution is 0.319. The zero-order valence-electron chi connectivity index (χ0n) is 11.2. The minimum atomic E-state index is 0.780. The van der Waals surface area contributed by atoms with Gasteiger partial charge >= 0.3 is 0 Å². The zero-order valence-corrected chi connectivity index (χ0v) is 12.8. The third-order valence-corrected chi connectivity index (χ3v) is 4.38. The van der Waals surface area contributed by atoms with E-state index < -0.39 is 0 Å². The molecular formula is C16H15ClN2S. The Morgan fingerprint density at radius 2 is 1.80 bits per heavy atom. The number of benzene rings is 2. The predicted octanol–water partition coefficient (Wildman–Crippen LogP) is 4.58. The number of hydrogen-bond donors (Lipinski definition) is 0. The minimum Gasteiger partial charge on any atom is -0.295 e. The molecule has 0 aliphatic rings. The highest BCUT2D eigenvalue weighted by Gasteiger charge is 2.07. The topological polar surface area (TPSA) is 16.1 Å². The summed E-state index contributed by atoms with van der Waals surface area (Å²) in [4.78, 5) is 6.93. The quantitative estimate of drug-likeness (QED) is 0.701. The minimum absolute atomic E-state index is 0.780. The Morgan fingerprint density at radius 1 is 1.05 bits per heavy atom. The van der Waals surface area contributed by atoms with E-state index in [1.54, 1.807) is 11.3 Å². The molecule has 1 aromatic heterocycles. The molecule has 0 bridgehead atoms. The highest BCUT2D eigenvalue weighted by Crippen LogP contribution is 2.22. The van der Waals surface area contributed by atoms with Crippen molar-refractivity contribution in [2.45, 2.75) is 13.1 Å². The van der Waals surface area contributed by atoms with Gasteiger partial charge in [-0.25, -0.2) is 4.98 Å². The lowest BCUT2D eigenvalue weighted by Gasteiger charge is -2.14. The highest BCUT2D eigenvalue weighted by atomic mass is 35.5. The van der Waals surface area contributed by atoms with Crippen molar-refractivity contribution in [3.8, 4) is 0 Å². The summed E-state index contributed by atoms with van der Waals surface area (Å²) in [6.07, 6.45) is 0. The third-order valence-electron chi connectivity index (χ3n) is 3.11. The molecule has 4 heteroatoms. The Hall–Kier alpha value is -1.42. The van der Waals surface area contributed by atoms with Crippen molar-refractivity contribution in [3.05, 3.63) is 64.1 Å². The second-order valence-electron chi connectivity index (χ2n) is 4.87. The van der Waals surface area contributed by atoms with E-state index in [4.69, 9.17) is 11.6 Å². The maximum Gasteiger partial charge on any atom is 0.108 e. The molecule has 0 N–H and O–H groups in total. The van der Waals surface area contributed by atoms with Gasteiger partial charge in [-0.3, -0.25) is 4.90 Å². The van der Waals surface area contributed by atoms with Gasteiger partial charge in [0.25, 0.3) is 0 Å². The number of halogens is 1. The lowest BCUT2D eigenvalue weighted by Crippen LogP contribution is -2.16. The molecule has 0 aliphatic heterocycles. The van der Waals surface area contributed by atoms with Gasteiger partial charge in [0.15, 0.2) is 0 Å². The number of thiazole rings is 1. The summed E-state index contributed by atoms with van der Waals surface area (Å²) in [6, 6.07) is 16.3. The summed E-state index contributed by atoms with van der Waals surface area (Å²) >= 11 is 7.67. The van der Waals surface area contributed by atoms with E-state index in [2.05, 4.69) is 47.3 Å². The van der Waals surface area contributed by atoms with E-state index in [0.29, 0.717) is 0 Å². The van der Waals surface area contributed by atoms with Crippen molar-refractivity contribution < 1.29 is 0 Å². The monoisotopic (exact) mass is 302 g/mol. The average Bonchev–Trinajstić information content (AvgIpc) is 2.83. The second kappa shape index (κ2) is 5.92. The van der Waals surface area contributed by atoms with Crippen molar-refractivity contribution in [2.24, 2.45) is 0 Å². The van der Waals surface area contributed by atoms with Gasteiger partial charge < -0.3 is 0 Å². The fraction of sp³-hybridized carbons (Fsp3) is 0.188. The van der Waals surface area contributed by atoms with E-state index in [0.717, 1.165) is 28.6 Å². The number of hydrogen-bond acceptors (Lipinski definition) is 3. The van der Waals surface area contributed by atoms with E-state index in [1.807, 2.05) is 18.2 Å². The molecule has 3 rings (SSSR count). The van der Waals surface area contributed by atoms with E-state index in [9.17, 15) is 0 Å². The maximum absolute atomic E-state index is 5.90. The average molecular weight is 303 g/mol. The zero-order chi connectivity index (χ0) is 13.9. The van der Waals surface area contributed by atoms with Gasteiger partial charge in [0.1, 0.15) is 5.01 Å². The summed E-state index contributed by atoms with van der Waals surface area (Å²) in [5.74, 6) is 0. The molecule has 0 aliphatic carbocycles. The van der Waals surface area contributed by atoms with Gasteiger partial charge in [0.2, 0.25) is 0 Å². The van der Waals surface area contributed by atoms with E-state index in [-0.39, 0.29) is 0 Å². The highest BCUT2D eigenvalue weighted by molar-refractivity contribution is 7.18. The van der Waals surface area contributed by atoms with E-state index in [1.165, 1.54) is 10.3 Å². The Morgan fingerprint density at radius 3 is 2.55 bits per heavy atom. The summed E-state index contributed by atoms with van der Waals surface area (Å²) in [7, 11) is 2.11. The predicted molar refractivity (Wildman–Crippen MR) is 86.2 cm³/mol. The molecular weight excluding hydrogens is 288 g/mol. The molecule has 1 heterocycles.